The molecule has 6 rings (SSSR count). The van der Waals surface area contributed by atoms with Crippen LogP contribution in [0.15, 0.2) is 47.1 Å². The lowest BCUT2D eigenvalue weighted by Gasteiger charge is -2.56. The van der Waals surface area contributed by atoms with E-state index in [2.05, 4.69) is 4.90 Å². The fraction of sp³-hybridized carbons (Fsp3) is 0.645. The number of ketones is 1. The van der Waals surface area contributed by atoms with E-state index < -0.39 is 51.2 Å². The van der Waals surface area contributed by atoms with Crippen LogP contribution in [0.2, 0.25) is 0 Å². The van der Waals surface area contributed by atoms with Crippen molar-refractivity contribution in [2.24, 2.45) is 17.3 Å². The lowest BCUT2D eigenvalue weighted by Crippen LogP contribution is -2.65. The topological polar surface area (TPSA) is 74.7 Å². The molecular formula is C31H36F5NO4S. The Morgan fingerprint density at radius 2 is 1.67 bits per heavy atom. The van der Waals surface area contributed by atoms with Gasteiger partial charge in [-0.25, -0.2) is 8.42 Å². The molecule has 3 fully saturated rings. The molecule has 0 aromatic heterocycles. The molecule has 5 nitrogen and oxygen atoms in total. The number of benzene rings is 1. The van der Waals surface area contributed by atoms with E-state index in [0.29, 0.717) is 45.3 Å². The average molecular weight is 614 g/mol. The summed E-state index contributed by atoms with van der Waals surface area (Å²) in [7, 11) is -3.01. The van der Waals surface area contributed by atoms with Gasteiger partial charge in [0.15, 0.2) is 15.6 Å². The Hall–Kier alpha value is -2.11. The minimum atomic E-state index is -5.88. The van der Waals surface area contributed by atoms with Gasteiger partial charge in [0.05, 0.1) is 11.5 Å². The molecule has 1 saturated heterocycles. The minimum absolute atomic E-state index is 0.0416. The molecule has 0 spiro atoms. The first-order chi connectivity index (χ1) is 19.6. The first-order valence-corrected chi connectivity index (χ1v) is 16.5. The smallest absolute Gasteiger partial charge is 0.383 e. The number of rotatable bonds is 4. The zero-order valence-corrected chi connectivity index (χ0v) is 24.3. The third kappa shape index (κ3) is 4.60. The number of fused-ring (bicyclic) bond motifs is 4. The molecule has 1 aromatic carbocycles. The second kappa shape index (κ2) is 9.95. The van der Waals surface area contributed by atoms with Crippen molar-refractivity contribution in [1.29, 1.82) is 0 Å². The highest BCUT2D eigenvalue weighted by molar-refractivity contribution is 7.91. The van der Waals surface area contributed by atoms with Gasteiger partial charge >= 0.3 is 12.1 Å². The lowest BCUT2D eigenvalue weighted by atomic mass is 9.50. The van der Waals surface area contributed by atoms with E-state index in [4.69, 9.17) is 0 Å². The predicted molar refractivity (Wildman–Crippen MR) is 147 cm³/mol. The van der Waals surface area contributed by atoms with Crippen molar-refractivity contribution in [2.45, 2.75) is 82.0 Å². The van der Waals surface area contributed by atoms with Crippen molar-refractivity contribution in [3.05, 3.63) is 58.2 Å². The quantitative estimate of drug-likeness (QED) is 0.439. The van der Waals surface area contributed by atoms with Gasteiger partial charge in [0.25, 0.3) is 0 Å². The van der Waals surface area contributed by atoms with Crippen LogP contribution in [0.1, 0.15) is 68.9 Å². The fourth-order valence-corrected chi connectivity index (χ4v) is 10.0. The number of carbonyl (C=O) groups excluding carboxylic acids is 1. The van der Waals surface area contributed by atoms with E-state index in [0.717, 1.165) is 27.8 Å². The Balaban J connectivity index is 1.39. The van der Waals surface area contributed by atoms with Gasteiger partial charge in [0, 0.05) is 37.4 Å². The molecule has 0 bridgehead atoms. The maximum absolute atomic E-state index is 15.1. The van der Waals surface area contributed by atoms with Gasteiger partial charge in [-0.15, -0.1) is 0 Å². The number of allylic oxidation sites excluding steroid dienone is 4. The summed E-state index contributed by atoms with van der Waals surface area (Å²) in [5, 5.41) is 11.4. The van der Waals surface area contributed by atoms with Crippen LogP contribution >= 0.6 is 0 Å². The molecule has 1 aromatic rings. The lowest BCUT2D eigenvalue weighted by molar-refractivity contribution is -0.362. The molecule has 1 heterocycles. The Bertz CT molecular complexity index is 1440. The summed E-state index contributed by atoms with van der Waals surface area (Å²) in [5.41, 5.74) is -0.169. The second-order valence-corrected chi connectivity index (χ2v) is 15.4. The standard InChI is InChI=1S/C31H36F5NO4S/c1-28-17-25(20-4-2-19(3-5-20)18-37-12-14-42(40,41)15-13-37)27-23-9-7-22(38)16-21(23)6-8-24(27)26(28)10-11-29(28,39)30(32,33)31(34,35)36/h2-5,16,24-26,39H,6-15,17-18H2,1H3/t24-,25+,26-,28-,29-/m0/s1. The molecule has 1 N–H and O–H groups in total. The number of carbonyl (C=O) groups is 1. The number of hydrogen-bond donors (Lipinski definition) is 1. The molecule has 0 radical (unpaired) electrons. The van der Waals surface area contributed by atoms with E-state index >= 15 is 8.78 Å². The van der Waals surface area contributed by atoms with Crippen LogP contribution < -0.4 is 0 Å². The first kappa shape index (κ1) is 29.9. The largest absolute Gasteiger partial charge is 0.456 e. The molecule has 230 valence electrons. The maximum Gasteiger partial charge on any atom is 0.456 e. The van der Waals surface area contributed by atoms with Crippen LogP contribution in [0.5, 0.6) is 0 Å². The number of halogens is 5. The zero-order valence-electron chi connectivity index (χ0n) is 23.5. The van der Waals surface area contributed by atoms with Gasteiger partial charge < -0.3 is 5.11 Å². The van der Waals surface area contributed by atoms with Crippen molar-refractivity contribution in [1.82, 2.24) is 4.90 Å². The highest BCUT2D eigenvalue weighted by Gasteiger charge is 2.79. The summed E-state index contributed by atoms with van der Waals surface area (Å²) in [4.78, 5) is 14.3. The third-order valence-electron chi connectivity index (χ3n) is 11.0. The van der Waals surface area contributed by atoms with E-state index in [1.54, 1.807) is 6.08 Å². The molecule has 5 aliphatic rings. The molecule has 0 unspecified atom stereocenters. The highest BCUT2D eigenvalue weighted by atomic mass is 32.2. The van der Waals surface area contributed by atoms with E-state index in [1.807, 2.05) is 24.3 Å². The van der Waals surface area contributed by atoms with E-state index in [-0.39, 0.29) is 36.0 Å². The van der Waals surface area contributed by atoms with Crippen LogP contribution in [0.3, 0.4) is 0 Å². The molecule has 11 heteroatoms. The second-order valence-electron chi connectivity index (χ2n) is 13.1. The summed E-state index contributed by atoms with van der Waals surface area (Å²) >= 11 is 0. The van der Waals surface area contributed by atoms with Crippen LogP contribution in [-0.2, 0) is 21.2 Å². The number of alkyl halides is 5. The summed E-state index contributed by atoms with van der Waals surface area (Å²) < 4.78 is 95.1. The van der Waals surface area contributed by atoms with Crippen LogP contribution in [0, 0.1) is 17.3 Å². The molecule has 5 atom stereocenters. The molecule has 0 amide bonds. The number of sulfone groups is 1. The summed E-state index contributed by atoms with van der Waals surface area (Å²) in [6.07, 6.45) is -2.86. The van der Waals surface area contributed by atoms with Gasteiger partial charge in [-0.3, -0.25) is 9.69 Å². The fourth-order valence-electron chi connectivity index (χ4n) is 8.74. The average Bonchev–Trinajstić information content (AvgIpc) is 3.20. The normalized spacial score (nSPS) is 35.4. The maximum atomic E-state index is 15.1. The Kier molecular flexibility index (Phi) is 7.10. The molecule has 4 aliphatic carbocycles. The van der Waals surface area contributed by atoms with E-state index in [9.17, 15) is 31.5 Å². The molecule has 1 aliphatic heterocycles. The van der Waals surface area contributed by atoms with Crippen molar-refractivity contribution in [3.8, 4) is 0 Å². The third-order valence-corrected chi connectivity index (χ3v) is 12.6. The minimum Gasteiger partial charge on any atom is -0.383 e. The highest BCUT2D eigenvalue weighted by Crippen LogP contribution is 2.70. The van der Waals surface area contributed by atoms with Gasteiger partial charge in [0.2, 0.25) is 0 Å². The molecular weight excluding hydrogens is 577 g/mol. The van der Waals surface area contributed by atoms with Crippen molar-refractivity contribution >= 4 is 15.6 Å². The van der Waals surface area contributed by atoms with Crippen molar-refractivity contribution in [3.63, 3.8) is 0 Å². The molecule has 42 heavy (non-hydrogen) atoms. The number of hydrogen-bond acceptors (Lipinski definition) is 5. The SMILES string of the molecule is C[C@]12C[C@H](c3ccc(CN4CCS(=O)(=O)CC4)cc3)C3=C4CCC(=O)C=C4CC[C@H]3[C@@H]1CC[C@@]2(O)C(F)(F)C(F)(F)F. The Labute approximate surface area is 242 Å². The van der Waals surface area contributed by atoms with Gasteiger partial charge in [0.1, 0.15) is 5.60 Å². The van der Waals surface area contributed by atoms with Gasteiger partial charge in [-0.2, -0.15) is 22.0 Å². The van der Waals surface area contributed by atoms with Crippen molar-refractivity contribution in [2.75, 3.05) is 24.6 Å². The molecule has 2 saturated carbocycles. The monoisotopic (exact) mass is 613 g/mol. The van der Waals surface area contributed by atoms with Crippen LogP contribution in [0.25, 0.3) is 0 Å². The number of nitrogens with zero attached hydrogens (tertiary/aromatic N) is 1. The Morgan fingerprint density at radius 3 is 2.31 bits per heavy atom. The predicted octanol–water partition coefficient (Wildman–Crippen LogP) is 5.75. The summed E-state index contributed by atoms with van der Waals surface area (Å²) in [5.74, 6) is -6.29. The van der Waals surface area contributed by atoms with Crippen LogP contribution in [0.4, 0.5) is 22.0 Å². The number of aliphatic hydroxyl groups is 1. The van der Waals surface area contributed by atoms with Crippen molar-refractivity contribution < 1.29 is 40.3 Å². The van der Waals surface area contributed by atoms with Gasteiger partial charge in [-0.1, -0.05) is 36.8 Å². The summed E-state index contributed by atoms with van der Waals surface area (Å²) in [6, 6.07) is 7.58. The zero-order chi connectivity index (χ0) is 30.3. The Morgan fingerprint density at radius 1 is 1.00 bits per heavy atom. The van der Waals surface area contributed by atoms with Gasteiger partial charge in [-0.05, 0) is 78.7 Å². The first-order valence-electron chi connectivity index (χ1n) is 14.7. The summed E-state index contributed by atoms with van der Waals surface area (Å²) in [6.45, 7) is 2.84. The van der Waals surface area contributed by atoms with E-state index in [1.165, 1.54) is 6.92 Å². The van der Waals surface area contributed by atoms with Crippen LogP contribution in [-0.4, -0.2) is 66.5 Å².